The smallest absolute Gasteiger partial charge is 0.367 e. The number of nitrogens with zero attached hydrogens (tertiary/aromatic N) is 1. The molecule has 0 saturated heterocycles. The molecule has 0 radical (unpaired) electrons. The van der Waals surface area contributed by atoms with Gasteiger partial charge in [-0.15, -0.1) is 0 Å². The summed E-state index contributed by atoms with van der Waals surface area (Å²) in [5.74, 6) is -0.104. The molecule has 0 saturated carbocycles. The summed E-state index contributed by atoms with van der Waals surface area (Å²) in [6.45, 7) is 2.03. The van der Waals surface area contributed by atoms with Crippen LogP contribution in [0.4, 0.5) is 0 Å². The summed E-state index contributed by atoms with van der Waals surface area (Å²) in [5, 5.41) is 4.35. The minimum absolute atomic E-state index is 0.339. The molecular formula is C18H12BrCl2NO3. The minimum Gasteiger partial charge on any atom is -0.486 e. The highest BCUT2D eigenvalue weighted by Gasteiger charge is 2.22. The molecule has 7 heteroatoms. The first-order valence-electron chi connectivity index (χ1n) is 7.28. The number of carbonyl (C=O) groups excluding carboxylic acids is 1. The van der Waals surface area contributed by atoms with E-state index in [2.05, 4.69) is 25.9 Å². The topological polar surface area (TPSA) is 47.9 Å². The van der Waals surface area contributed by atoms with Crippen LogP contribution in [0.15, 0.2) is 51.6 Å². The van der Waals surface area contributed by atoms with E-state index in [4.69, 9.17) is 27.9 Å². The van der Waals surface area contributed by atoms with Gasteiger partial charge in [0.1, 0.15) is 6.61 Å². The molecule has 0 fully saturated rings. The van der Waals surface area contributed by atoms with E-state index in [-0.39, 0.29) is 0 Å². The van der Waals surface area contributed by atoms with Crippen LogP contribution >= 0.6 is 39.1 Å². The number of hydrogen-bond acceptors (Lipinski definition) is 4. The molecule has 1 heterocycles. The van der Waals surface area contributed by atoms with E-state index in [0.717, 1.165) is 10.0 Å². The van der Waals surface area contributed by atoms with Crippen molar-refractivity contribution in [1.82, 2.24) is 0 Å². The van der Waals surface area contributed by atoms with Crippen molar-refractivity contribution in [2.75, 3.05) is 0 Å². The van der Waals surface area contributed by atoms with Gasteiger partial charge in [0, 0.05) is 4.47 Å². The van der Waals surface area contributed by atoms with E-state index in [1.165, 1.54) is 0 Å². The van der Waals surface area contributed by atoms with Crippen molar-refractivity contribution in [2.24, 2.45) is 5.16 Å². The third-order valence-electron chi connectivity index (χ3n) is 3.50. The van der Waals surface area contributed by atoms with Gasteiger partial charge in [-0.05, 0) is 48.4 Å². The number of rotatable bonds is 4. The second-order valence-electron chi connectivity index (χ2n) is 5.34. The maximum atomic E-state index is 11.6. The Balaban J connectivity index is 1.81. The second-order valence-corrected chi connectivity index (χ2v) is 7.07. The lowest BCUT2D eigenvalue weighted by atomic mass is 10.1. The van der Waals surface area contributed by atoms with Crippen LogP contribution in [0.5, 0.6) is 5.75 Å². The zero-order valence-corrected chi connectivity index (χ0v) is 16.2. The Morgan fingerprint density at radius 2 is 1.84 bits per heavy atom. The summed E-state index contributed by atoms with van der Waals surface area (Å²) in [4.78, 5) is 16.2. The summed E-state index contributed by atoms with van der Waals surface area (Å²) < 4.78 is 6.74. The van der Waals surface area contributed by atoms with Crippen molar-refractivity contribution in [3.8, 4) is 5.75 Å². The quantitative estimate of drug-likeness (QED) is 0.455. The third kappa shape index (κ3) is 4.24. The van der Waals surface area contributed by atoms with Crippen molar-refractivity contribution < 1.29 is 14.4 Å². The normalized spacial score (nSPS) is 15.3. The fourth-order valence-electron chi connectivity index (χ4n) is 2.22. The van der Waals surface area contributed by atoms with Crippen LogP contribution in [0.3, 0.4) is 0 Å². The van der Waals surface area contributed by atoms with Crippen LogP contribution in [0.1, 0.15) is 18.1 Å². The Bertz CT molecular complexity index is 869. The molecule has 0 aromatic heterocycles. The Hall–Kier alpha value is -1.82. The van der Waals surface area contributed by atoms with Gasteiger partial charge < -0.3 is 9.57 Å². The van der Waals surface area contributed by atoms with Crippen molar-refractivity contribution in [2.45, 2.75) is 13.5 Å². The molecule has 0 aliphatic carbocycles. The number of ether oxygens (including phenoxy) is 1. The molecule has 1 aliphatic rings. The highest BCUT2D eigenvalue weighted by molar-refractivity contribution is 9.10. The Kier molecular flexibility index (Phi) is 5.47. The van der Waals surface area contributed by atoms with Gasteiger partial charge in [0.05, 0.1) is 21.3 Å². The van der Waals surface area contributed by atoms with Gasteiger partial charge in [0.2, 0.25) is 0 Å². The van der Waals surface area contributed by atoms with Gasteiger partial charge in [-0.2, -0.15) is 0 Å². The molecule has 0 amide bonds. The first kappa shape index (κ1) is 18.0. The Morgan fingerprint density at radius 1 is 1.20 bits per heavy atom. The summed E-state index contributed by atoms with van der Waals surface area (Å²) in [6, 6.07) is 11.1. The Labute approximate surface area is 163 Å². The lowest BCUT2D eigenvalue weighted by Gasteiger charge is -2.11. The van der Waals surface area contributed by atoms with E-state index in [1.807, 2.05) is 24.3 Å². The minimum atomic E-state index is -0.500. The monoisotopic (exact) mass is 439 g/mol. The summed E-state index contributed by atoms with van der Waals surface area (Å²) in [5.41, 5.74) is 2.53. The number of hydrogen-bond donors (Lipinski definition) is 0. The van der Waals surface area contributed by atoms with Crippen molar-refractivity contribution in [1.29, 1.82) is 0 Å². The van der Waals surface area contributed by atoms with Crippen molar-refractivity contribution >= 4 is 56.9 Å². The fourth-order valence-corrected chi connectivity index (χ4v) is 3.10. The Morgan fingerprint density at radius 3 is 2.40 bits per heavy atom. The predicted molar refractivity (Wildman–Crippen MR) is 102 cm³/mol. The number of halogens is 3. The number of carbonyl (C=O) groups is 1. The van der Waals surface area contributed by atoms with Crippen LogP contribution in [0.2, 0.25) is 10.0 Å². The zero-order chi connectivity index (χ0) is 18.0. The van der Waals surface area contributed by atoms with E-state index in [1.54, 1.807) is 25.1 Å². The highest BCUT2D eigenvalue weighted by Crippen LogP contribution is 2.35. The molecule has 4 nitrogen and oxygen atoms in total. The van der Waals surface area contributed by atoms with E-state index in [9.17, 15) is 4.79 Å². The molecule has 0 N–H and O–H groups in total. The molecule has 0 spiro atoms. The van der Waals surface area contributed by atoms with Gasteiger partial charge in [-0.3, -0.25) is 0 Å². The van der Waals surface area contributed by atoms with Crippen LogP contribution in [0.25, 0.3) is 6.08 Å². The predicted octanol–water partition coefficient (Wildman–Crippen LogP) is 5.65. The van der Waals surface area contributed by atoms with E-state index >= 15 is 0 Å². The van der Waals surface area contributed by atoms with Gasteiger partial charge in [0.25, 0.3) is 0 Å². The SMILES string of the molecule is CC1=NOC(=O)/C1=C\c1cc(Cl)c(OCc2ccc(Br)cc2)c(Cl)c1. The molecule has 0 atom stereocenters. The number of oxime groups is 1. The molecule has 3 rings (SSSR count). The molecule has 2 aromatic carbocycles. The van der Waals surface area contributed by atoms with Gasteiger partial charge in [0.15, 0.2) is 5.75 Å². The van der Waals surface area contributed by atoms with Gasteiger partial charge in [-0.25, -0.2) is 4.79 Å². The molecular weight excluding hydrogens is 429 g/mol. The average Bonchev–Trinajstić information content (AvgIpc) is 2.88. The highest BCUT2D eigenvalue weighted by atomic mass is 79.9. The molecule has 0 bridgehead atoms. The summed E-state index contributed by atoms with van der Waals surface area (Å²) in [7, 11) is 0. The first-order valence-corrected chi connectivity index (χ1v) is 8.83. The third-order valence-corrected chi connectivity index (χ3v) is 4.59. The lowest BCUT2D eigenvalue weighted by molar-refractivity contribution is -0.136. The largest absolute Gasteiger partial charge is 0.486 e. The maximum Gasteiger partial charge on any atom is 0.367 e. The molecule has 25 heavy (non-hydrogen) atoms. The van der Waals surface area contributed by atoms with Gasteiger partial charge in [-0.1, -0.05) is 56.4 Å². The molecule has 2 aromatic rings. The summed E-state index contributed by atoms with van der Waals surface area (Å²) in [6.07, 6.45) is 1.63. The fraction of sp³-hybridized carbons (Fsp3) is 0.111. The summed E-state index contributed by atoms with van der Waals surface area (Å²) >= 11 is 16.0. The van der Waals surface area contributed by atoms with Crippen LogP contribution in [0, 0.1) is 0 Å². The van der Waals surface area contributed by atoms with E-state index in [0.29, 0.717) is 39.2 Å². The first-order chi connectivity index (χ1) is 11.9. The molecule has 0 unspecified atom stereocenters. The van der Waals surface area contributed by atoms with Crippen LogP contribution in [-0.4, -0.2) is 11.7 Å². The van der Waals surface area contributed by atoms with Crippen LogP contribution in [-0.2, 0) is 16.2 Å². The lowest BCUT2D eigenvalue weighted by Crippen LogP contribution is -2.02. The molecule has 1 aliphatic heterocycles. The van der Waals surface area contributed by atoms with Crippen molar-refractivity contribution in [3.05, 3.63) is 67.6 Å². The standard InChI is InChI=1S/C18H12BrCl2NO3/c1-10-14(18(23)25-22-10)6-12-7-15(20)17(16(21)8-12)24-9-11-2-4-13(19)5-3-11/h2-8H,9H2,1H3/b14-6-. The van der Waals surface area contributed by atoms with Gasteiger partial charge >= 0.3 is 5.97 Å². The van der Waals surface area contributed by atoms with E-state index < -0.39 is 5.97 Å². The van der Waals surface area contributed by atoms with Crippen LogP contribution < -0.4 is 4.74 Å². The number of benzene rings is 2. The maximum absolute atomic E-state index is 11.6. The zero-order valence-electron chi connectivity index (χ0n) is 13.1. The average molecular weight is 441 g/mol. The second kappa shape index (κ2) is 7.60. The molecule has 128 valence electrons. The van der Waals surface area contributed by atoms with Crippen molar-refractivity contribution in [3.63, 3.8) is 0 Å².